The summed E-state index contributed by atoms with van der Waals surface area (Å²) in [6, 6.07) is 0. The highest BCUT2D eigenvalue weighted by molar-refractivity contribution is 5.06. The summed E-state index contributed by atoms with van der Waals surface area (Å²) in [5.74, 6) is 0. The molecule has 0 aromatic rings. The van der Waals surface area contributed by atoms with E-state index in [1.54, 1.807) is 0 Å². The van der Waals surface area contributed by atoms with Crippen LogP contribution in [0.25, 0.3) is 0 Å². The molecule has 1 aliphatic rings. The number of rotatable bonds is 6. The second-order valence-electron chi connectivity index (χ2n) is 5.28. The Balaban J connectivity index is 2.95. The fourth-order valence-electron chi connectivity index (χ4n) is 2.42. The van der Waals surface area contributed by atoms with Crippen LogP contribution in [-0.2, 0) is 4.74 Å². The Morgan fingerprint density at radius 2 is 1.89 bits per heavy atom. The van der Waals surface area contributed by atoms with Gasteiger partial charge in [-0.15, -0.1) is 0 Å². The van der Waals surface area contributed by atoms with Gasteiger partial charge in [0.25, 0.3) is 0 Å². The molecule has 0 radical (unpaired) electrons. The molecule has 0 unspecified atom stereocenters. The van der Waals surface area contributed by atoms with Crippen LogP contribution in [0.5, 0.6) is 0 Å². The summed E-state index contributed by atoms with van der Waals surface area (Å²) in [6.45, 7) is 0.255. The SMILES string of the molecule is C[C@@](O)(CCO)C[C@@]1(O)[C@@H]([C@@H](O)CO)O[C@H](O)[C@@H]1O. The highest BCUT2D eigenvalue weighted by Gasteiger charge is 2.59. The zero-order chi connectivity index (χ0) is 14.8. The van der Waals surface area contributed by atoms with Crippen molar-refractivity contribution in [2.75, 3.05) is 13.2 Å². The Labute approximate surface area is 110 Å². The van der Waals surface area contributed by atoms with Crippen LogP contribution in [0.2, 0.25) is 0 Å². The molecule has 1 aliphatic heterocycles. The first kappa shape index (κ1) is 16.7. The number of aliphatic hydroxyl groups excluding tert-OH is 5. The molecule has 0 aromatic carbocycles. The van der Waals surface area contributed by atoms with Crippen molar-refractivity contribution in [3.05, 3.63) is 0 Å². The van der Waals surface area contributed by atoms with Gasteiger partial charge in [-0.1, -0.05) is 0 Å². The van der Waals surface area contributed by atoms with Crippen molar-refractivity contribution < 1.29 is 40.5 Å². The third kappa shape index (κ3) is 3.41. The van der Waals surface area contributed by atoms with Crippen LogP contribution in [0, 0.1) is 0 Å². The minimum absolute atomic E-state index is 0.0694. The largest absolute Gasteiger partial charge is 0.396 e. The lowest BCUT2D eigenvalue weighted by Crippen LogP contribution is -2.57. The fraction of sp³-hybridized carbons (Fsp3) is 1.00. The van der Waals surface area contributed by atoms with Gasteiger partial charge >= 0.3 is 0 Å². The lowest BCUT2D eigenvalue weighted by atomic mass is 9.78. The number of ether oxygens (including phenoxy) is 1. The van der Waals surface area contributed by atoms with Crippen molar-refractivity contribution in [2.45, 2.75) is 55.6 Å². The van der Waals surface area contributed by atoms with Gasteiger partial charge in [0.15, 0.2) is 6.29 Å². The molecule has 114 valence electrons. The molecule has 1 fully saturated rings. The molecule has 8 heteroatoms. The Bertz CT molecular complexity index is 296. The summed E-state index contributed by atoms with van der Waals surface area (Å²) in [4.78, 5) is 0. The van der Waals surface area contributed by atoms with Gasteiger partial charge in [0, 0.05) is 13.0 Å². The Morgan fingerprint density at radius 3 is 2.37 bits per heavy atom. The molecule has 1 heterocycles. The van der Waals surface area contributed by atoms with Crippen molar-refractivity contribution >= 4 is 0 Å². The van der Waals surface area contributed by atoms with Gasteiger partial charge in [0.1, 0.15) is 23.9 Å². The maximum absolute atomic E-state index is 10.4. The van der Waals surface area contributed by atoms with Gasteiger partial charge in [0.05, 0.1) is 12.2 Å². The maximum Gasteiger partial charge on any atom is 0.184 e. The van der Waals surface area contributed by atoms with E-state index in [4.69, 9.17) is 14.9 Å². The molecule has 1 saturated heterocycles. The molecule has 0 bridgehead atoms. The summed E-state index contributed by atoms with van der Waals surface area (Å²) in [5.41, 5.74) is -3.68. The first-order valence-electron chi connectivity index (χ1n) is 6.04. The second-order valence-corrected chi connectivity index (χ2v) is 5.28. The number of aliphatic hydroxyl groups is 7. The second kappa shape index (κ2) is 5.98. The van der Waals surface area contributed by atoms with E-state index in [9.17, 15) is 25.5 Å². The molecule has 6 atom stereocenters. The fourth-order valence-corrected chi connectivity index (χ4v) is 2.42. The molecule has 0 aliphatic carbocycles. The molecular weight excluding hydrogens is 260 g/mol. The normalized spacial score (nSPS) is 40.1. The summed E-state index contributed by atoms with van der Waals surface area (Å²) >= 11 is 0. The van der Waals surface area contributed by atoms with E-state index in [1.165, 1.54) is 6.92 Å². The van der Waals surface area contributed by atoms with Crippen molar-refractivity contribution in [2.24, 2.45) is 0 Å². The first-order chi connectivity index (χ1) is 8.68. The molecule has 0 spiro atoms. The Morgan fingerprint density at radius 1 is 1.32 bits per heavy atom. The van der Waals surface area contributed by atoms with Gasteiger partial charge in [-0.25, -0.2) is 0 Å². The highest BCUT2D eigenvalue weighted by Crippen LogP contribution is 2.38. The van der Waals surface area contributed by atoms with E-state index in [-0.39, 0.29) is 13.0 Å². The van der Waals surface area contributed by atoms with Crippen LogP contribution in [0.3, 0.4) is 0 Å². The van der Waals surface area contributed by atoms with Crippen LogP contribution < -0.4 is 0 Å². The van der Waals surface area contributed by atoms with E-state index < -0.39 is 48.8 Å². The van der Waals surface area contributed by atoms with E-state index in [2.05, 4.69) is 0 Å². The summed E-state index contributed by atoms with van der Waals surface area (Å²) in [6.07, 6.45) is -6.97. The van der Waals surface area contributed by atoms with Crippen LogP contribution >= 0.6 is 0 Å². The van der Waals surface area contributed by atoms with Crippen molar-refractivity contribution in [1.29, 1.82) is 0 Å². The van der Waals surface area contributed by atoms with Crippen LogP contribution in [0.1, 0.15) is 19.8 Å². The van der Waals surface area contributed by atoms with Gasteiger partial charge in [-0.05, 0) is 13.3 Å². The quantitative estimate of drug-likeness (QED) is 0.267. The van der Waals surface area contributed by atoms with Gasteiger partial charge in [-0.2, -0.15) is 0 Å². The molecule has 7 N–H and O–H groups in total. The minimum atomic E-state index is -2.14. The predicted molar refractivity (Wildman–Crippen MR) is 61.9 cm³/mol. The van der Waals surface area contributed by atoms with Crippen LogP contribution in [0.15, 0.2) is 0 Å². The lowest BCUT2D eigenvalue weighted by Gasteiger charge is -2.38. The van der Waals surface area contributed by atoms with Gasteiger partial charge in [-0.3, -0.25) is 0 Å². The standard InChI is InChI=1S/C11H22O8/c1-10(17,2-3-12)5-11(18)7(15)9(16)19-8(11)6(14)4-13/h6-9,12-18H,2-5H2,1H3/t6-,7-,8+,9-,10+,11-/m0/s1. The molecular formula is C11H22O8. The minimum Gasteiger partial charge on any atom is -0.396 e. The van der Waals surface area contributed by atoms with Crippen molar-refractivity contribution in [3.8, 4) is 0 Å². The molecule has 0 amide bonds. The highest BCUT2D eigenvalue weighted by atomic mass is 16.7. The Hall–Kier alpha value is -0.320. The van der Waals surface area contributed by atoms with E-state index in [1.807, 2.05) is 0 Å². The third-order valence-corrected chi connectivity index (χ3v) is 3.41. The first-order valence-corrected chi connectivity index (χ1v) is 6.04. The summed E-state index contributed by atoms with van der Waals surface area (Å²) in [7, 11) is 0. The molecule has 1 rings (SSSR count). The molecule has 0 aromatic heterocycles. The monoisotopic (exact) mass is 282 g/mol. The average molecular weight is 282 g/mol. The smallest absolute Gasteiger partial charge is 0.184 e. The lowest BCUT2D eigenvalue weighted by molar-refractivity contribution is -0.165. The molecule has 0 saturated carbocycles. The van der Waals surface area contributed by atoms with Gasteiger partial charge < -0.3 is 40.5 Å². The Kier molecular flexibility index (Phi) is 5.27. The predicted octanol–water partition coefficient (Wildman–Crippen LogP) is -3.33. The molecule has 8 nitrogen and oxygen atoms in total. The third-order valence-electron chi connectivity index (χ3n) is 3.41. The topological polar surface area (TPSA) is 151 Å². The van der Waals surface area contributed by atoms with E-state index in [0.29, 0.717) is 0 Å². The maximum atomic E-state index is 10.4. The number of hydrogen-bond donors (Lipinski definition) is 7. The van der Waals surface area contributed by atoms with E-state index in [0.717, 1.165) is 0 Å². The van der Waals surface area contributed by atoms with Crippen LogP contribution in [0.4, 0.5) is 0 Å². The zero-order valence-electron chi connectivity index (χ0n) is 10.7. The summed E-state index contributed by atoms with van der Waals surface area (Å²) < 4.78 is 4.84. The van der Waals surface area contributed by atoms with Crippen LogP contribution in [-0.4, -0.2) is 84.8 Å². The van der Waals surface area contributed by atoms with Crippen molar-refractivity contribution in [1.82, 2.24) is 0 Å². The molecule has 19 heavy (non-hydrogen) atoms. The summed E-state index contributed by atoms with van der Waals surface area (Å²) in [5, 5.41) is 66.9. The zero-order valence-corrected chi connectivity index (χ0v) is 10.7. The number of hydrogen-bond acceptors (Lipinski definition) is 8. The average Bonchev–Trinajstić information content (AvgIpc) is 2.52. The van der Waals surface area contributed by atoms with Crippen molar-refractivity contribution in [3.63, 3.8) is 0 Å². The van der Waals surface area contributed by atoms with E-state index >= 15 is 0 Å². The van der Waals surface area contributed by atoms with Gasteiger partial charge in [0.2, 0.25) is 0 Å².